The second kappa shape index (κ2) is 7.39. The fourth-order valence-electron chi connectivity index (χ4n) is 2.29. The maximum Gasteiger partial charge on any atom is 0.306 e. The fraction of sp³-hybridized carbons (Fsp3) is 0.235. The summed E-state index contributed by atoms with van der Waals surface area (Å²) < 4.78 is 30.2. The van der Waals surface area contributed by atoms with Gasteiger partial charge in [0.15, 0.2) is 9.84 Å². The minimum atomic E-state index is -3.90. The zero-order valence-electron chi connectivity index (χ0n) is 12.6. The van der Waals surface area contributed by atoms with Crippen LogP contribution >= 0.6 is 0 Å². The molecule has 0 aliphatic rings. The van der Waals surface area contributed by atoms with Crippen molar-refractivity contribution >= 4 is 15.8 Å². The predicted molar refractivity (Wildman–Crippen MR) is 85.5 cm³/mol. The monoisotopic (exact) mass is 334 g/mol. The predicted octanol–water partition coefficient (Wildman–Crippen LogP) is 2.13. The zero-order valence-corrected chi connectivity index (χ0v) is 13.4. The number of aliphatic hydroxyl groups excluding tert-OH is 1. The molecular formula is C17H18O5S. The maximum absolute atomic E-state index is 12.8. The van der Waals surface area contributed by atoms with Crippen molar-refractivity contribution in [2.24, 2.45) is 0 Å². The Morgan fingerprint density at radius 1 is 1.04 bits per heavy atom. The first-order chi connectivity index (χ1) is 11.0. The molecule has 0 radical (unpaired) electrons. The average molecular weight is 334 g/mol. The molecule has 0 bridgehead atoms. The third-order valence-electron chi connectivity index (χ3n) is 3.56. The summed E-state index contributed by atoms with van der Waals surface area (Å²) in [6.07, 6.45) is -1.76. The van der Waals surface area contributed by atoms with Crippen LogP contribution in [0.15, 0.2) is 65.6 Å². The van der Waals surface area contributed by atoms with E-state index in [2.05, 4.69) is 4.74 Å². The number of carbonyl (C=O) groups excluding carboxylic acids is 1. The van der Waals surface area contributed by atoms with Gasteiger partial charge in [0.25, 0.3) is 0 Å². The van der Waals surface area contributed by atoms with Crippen LogP contribution in [0.5, 0.6) is 0 Å². The van der Waals surface area contributed by atoms with E-state index in [-0.39, 0.29) is 4.90 Å². The molecule has 2 atom stereocenters. The van der Waals surface area contributed by atoms with Gasteiger partial charge in [0, 0.05) is 0 Å². The van der Waals surface area contributed by atoms with Crippen LogP contribution in [-0.4, -0.2) is 31.9 Å². The van der Waals surface area contributed by atoms with Crippen molar-refractivity contribution in [3.05, 3.63) is 66.2 Å². The third kappa shape index (κ3) is 3.97. The molecule has 2 unspecified atom stereocenters. The Bertz CT molecular complexity index is 741. The quantitative estimate of drug-likeness (QED) is 0.819. The zero-order chi connectivity index (χ0) is 16.9. The summed E-state index contributed by atoms with van der Waals surface area (Å²) in [7, 11) is -2.72. The Labute approximate surface area is 135 Å². The lowest BCUT2D eigenvalue weighted by Crippen LogP contribution is -2.31. The van der Waals surface area contributed by atoms with Gasteiger partial charge in [-0.15, -0.1) is 0 Å². The summed E-state index contributed by atoms with van der Waals surface area (Å²) in [5.41, 5.74) is 0.431. The number of rotatable bonds is 6. The molecule has 0 aliphatic carbocycles. The molecule has 0 amide bonds. The van der Waals surface area contributed by atoms with E-state index in [9.17, 15) is 18.3 Å². The van der Waals surface area contributed by atoms with Crippen LogP contribution in [0.3, 0.4) is 0 Å². The second-order valence-corrected chi connectivity index (χ2v) is 7.20. The molecule has 2 rings (SSSR count). The molecular weight excluding hydrogens is 316 g/mol. The smallest absolute Gasteiger partial charge is 0.306 e. The molecule has 0 saturated heterocycles. The van der Waals surface area contributed by atoms with Crippen molar-refractivity contribution in [3.8, 4) is 0 Å². The minimum Gasteiger partial charge on any atom is -0.469 e. The van der Waals surface area contributed by atoms with Gasteiger partial charge in [-0.2, -0.15) is 0 Å². The van der Waals surface area contributed by atoms with Crippen LogP contribution in [0.1, 0.15) is 18.1 Å². The van der Waals surface area contributed by atoms with Crippen molar-refractivity contribution in [2.75, 3.05) is 7.11 Å². The molecule has 1 N–H and O–H groups in total. The summed E-state index contributed by atoms with van der Waals surface area (Å²) in [6, 6.07) is 16.2. The highest BCUT2D eigenvalue weighted by Crippen LogP contribution is 2.29. The van der Waals surface area contributed by atoms with Crippen LogP contribution in [0.2, 0.25) is 0 Å². The minimum absolute atomic E-state index is 0.0592. The standard InChI is InChI=1S/C17H18O5S/c1-22-16(18)12-15(17(19)13-8-4-2-5-9-13)23(20,21)14-10-6-3-7-11-14/h2-11,15,17,19H,12H2,1H3. The van der Waals surface area contributed by atoms with Crippen molar-refractivity contribution in [3.63, 3.8) is 0 Å². The van der Waals surface area contributed by atoms with Crippen LogP contribution in [-0.2, 0) is 19.4 Å². The number of benzene rings is 2. The largest absolute Gasteiger partial charge is 0.469 e. The molecule has 0 aliphatic heterocycles. The van der Waals surface area contributed by atoms with Gasteiger partial charge in [-0.25, -0.2) is 8.42 Å². The lowest BCUT2D eigenvalue weighted by atomic mass is 10.0. The molecule has 0 aromatic heterocycles. The maximum atomic E-state index is 12.8. The van der Waals surface area contributed by atoms with Crippen LogP contribution < -0.4 is 0 Å². The molecule has 0 saturated carbocycles. The molecule has 6 heteroatoms. The van der Waals surface area contributed by atoms with Gasteiger partial charge >= 0.3 is 5.97 Å². The van der Waals surface area contributed by atoms with Crippen molar-refractivity contribution in [1.82, 2.24) is 0 Å². The Morgan fingerprint density at radius 2 is 1.57 bits per heavy atom. The fourth-order valence-corrected chi connectivity index (χ4v) is 4.03. The first kappa shape index (κ1) is 17.2. The summed E-state index contributed by atoms with van der Waals surface area (Å²) in [5.74, 6) is -0.690. The van der Waals surface area contributed by atoms with Gasteiger partial charge in [0.1, 0.15) is 5.25 Å². The van der Waals surface area contributed by atoms with Gasteiger partial charge in [0.05, 0.1) is 24.5 Å². The number of ether oxygens (including phenoxy) is 1. The van der Waals surface area contributed by atoms with Crippen LogP contribution in [0.25, 0.3) is 0 Å². The Balaban J connectivity index is 2.44. The third-order valence-corrected chi connectivity index (χ3v) is 5.71. The second-order valence-electron chi connectivity index (χ2n) is 5.03. The molecule has 0 spiro atoms. The van der Waals surface area contributed by atoms with Crippen molar-refractivity contribution in [1.29, 1.82) is 0 Å². The number of esters is 1. The van der Waals surface area contributed by atoms with Crippen LogP contribution in [0.4, 0.5) is 0 Å². The Morgan fingerprint density at radius 3 is 2.09 bits per heavy atom. The SMILES string of the molecule is COC(=O)CC(C(O)c1ccccc1)S(=O)(=O)c1ccccc1. The number of methoxy groups -OCH3 is 1. The van der Waals surface area contributed by atoms with E-state index in [0.29, 0.717) is 5.56 Å². The van der Waals surface area contributed by atoms with E-state index >= 15 is 0 Å². The van der Waals surface area contributed by atoms with Crippen LogP contribution in [0, 0.1) is 0 Å². The van der Waals surface area contributed by atoms with E-state index in [1.165, 1.54) is 19.2 Å². The number of hydrogen-bond acceptors (Lipinski definition) is 5. The van der Waals surface area contributed by atoms with E-state index < -0.39 is 33.6 Å². The highest BCUT2D eigenvalue weighted by Gasteiger charge is 2.36. The molecule has 122 valence electrons. The lowest BCUT2D eigenvalue weighted by molar-refractivity contribution is -0.141. The van der Waals surface area contributed by atoms with Crippen molar-refractivity contribution in [2.45, 2.75) is 22.7 Å². The van der Waals surface area contributed by atoms with Gasteiger partial charge in [-0.1, -0.05) is 48.5 Å². The summed E-state index contributed by atoms with van der Waals surface area (Å²) in [6.45, 7) is 0. The summed E-state index contributed by atoms with van der Waals surface area (Å²) in [5, 5.41) is 9.22. The normalized spacial score (nSPS) is 14.0. The van der Waals surface area contributed by atoms with Gasteiger partial charge in [-0.05, 0) is 17.7 Å². The lowest BCUT2D eigenvalue weighted by Gasteiger charge is -2.22. The average Bonchev–Trinajstić information content (AvgIpc) is 2.60. The van der Waals surface area contributed by atoms with E-state index in [0.717, 1.165) is 0 Å². The molecule has 0 heterocycles. The number of sulfone groups is 1. The number of carbonyl (C=O) groups is 1. The molecule has 2 aromatic rings. The van der Waals surface area contributed by atoms with E-state index in [1.54, 1.807) is 48.5 Å². The van der Waals surface area contributed by atoms with Gasteiger partial charge in [0.2, 0.25) is 0 Å². The van der Waals surface area contributed by atoms with E-state index in [1.807, 2.05) is 0 Å². The molecule has 0 fully saturated rings. The van der Waals surface area contributed by atoms with Gasteiger partial charge < -0.3 is 9.84 Å². The first-order valence-electron chi connectivity index (χ1n) is 7.05. The highest BCUT2D eigenvalue weighted by atomic mass is 32.2. The Hall–Kier alpha value is -2.18. The number of aliphatic hydroxyl groups is 1. The summed E-state index contributed by atoms with van der Waals surface area (Å²) >= 11 is 0. The summed E-state index contributed by atoms with van der Waals surface area (Å²) in [4.78, 5) is 11.7. The molecule has 2 aromatic carbocycles. The van der Waals surface area contributed by atoms with Gasteiger partial charge in [-0.3, -0.25) is 4.79 Å². The van der Waals surface area contributed by atoms with Crippen molar-refractivity contribution < 1.29 is 23.1 Å². The first-order valence-corrected chi connectivity index (χ1v) is 8.60. The highest BCUT2D eigenvalue weighted by molar-refractivity contribution is 7.92. The molecule has 5 nitrogen and oxygen atoms in total. The topological polar surface area (TPSA) is 80.7 Å². The molecule has 23 heavy (non-hydrogen) atoms. The number of hydrogen-bond donors (Lipinski definition) is 1. The van der Waals surface area contributed by atoms with E-state index in [4.69, 9.17) is 0 Å². The Kier molecular flexibility index (Phi) is 5.52.